The fourth-order valence-corrected chi connectivity index (χ4v) is 1.91. The minimum atomic E-state index is -1.44. The van der Waals surface area contributed by atoms with Gasteiger partial charge in [-0.1, -0.05) is 75.4 Å². The van der Waals surface area contributed by atoms with Crippen molar-refractivity contribution in [1.82, 2.24) is 10.6 Å². The predicted molar refractivity (Wildman–Crippen MR) is 133 cm³/mol. The fraction of sp³-hybridized carbons (Fsp3) is 0.409. The summed E-state index contributed by atoms with van der Waals surface area (Å²) in [5.74, 6) is 0.833. The van der Waals surface area contributed by atoms with Gasteiger partial charge < -0.3 is 20.7 Å². The molecule has 11 nitrogen and oxygen atoms in total. The lowest BCUT2D eigenvalue weighted by Crippen LogP contribution is -2.29. The second-order valence-electron chi connectivity index (χ2n) is 7.42. The Morgan fingerprint density at radius 3 is 1.68 bits per heavy atom. The molecule has 0 radical (unpaired) electrons. The molecular formula is C22H35BN4O7. The number of hydrogen-bond acceptors (Lipinski definition) is 8. The Kier molecular flexibility index (Phi) is 22.1. The van der Waals surface area contributed by atoms with E-state index in [-0.39, 0.29) is 23.1 Å². The van der Waals surface area contributed by atoms with E-state index in [1.807, 2.05) is 36.4 Å². The average Bonchev–Trinajstić information content (AvgIpc) is 3.36. The molecule has 1 atom stereocenters. The summed E-state index contributed by atoms with van der Waals surface area (Å²) < 4.78 is 0. The summed E-state index contributed by atoms with van der Waals surface area (Å²) in [6.07, 6.45) is 0.982. The molecule has 2 aromatic rings. The van der Waals surface area contributed by atoms with Crippen LogP contribution in [0.5, 0.6) is 0 Å². The van der Waals surface area contributed by atoms with Crippen LogP contribution in [0.2, 0.25) is 0 Å². The van der Waals surface area contributed by atoms with Gasteiger partial charge in [0.15, 0.2) is 0 Å². The third kappa shape index (κ3) is 24.9. The van der Waals surface area contributed by atoms with Gasteiger partial charge in [-0.2, -0.15) is 0 Å². The second kappa shape index (κ2) is 22.8. The number of nitro groups is 2. The van der Waals surface area contributed by atoms with Crippen molar-refractivity contribution in [3.05, 3.63) is 87.0 Å². The lowest BCUT2D eigenvalue weighted by molar-refractivity contribution is -0.517. The molecular weight excluding hydrogens is 443 g/mol. The van der Waals surface area contributed by atoms with Crippen LogP contribution in [0.1, 0.15) is 27.2 Å². The van der Waals surface area contributed by atoms with Gasteiger partial charge in [0.25, 0.3) is 5.69 Å². The maximum atomic E-state index is 10.0. The first kappa shape index (κ1) is 32.8. The monoisotopic (exact) mass is 478 g/mol. The molecule has 2 aromatic carbocycles. The molecule has 1 fully saturated rings. The molecule has 0 saturated carbocycles. The highest BCUT2D eigenvalue weighted by Gasteiger charge is 2.23. The summed E-state index contributed by atoms with van der Waals surface area (Å²) in [6.45, 7) is 7.85. The summed E-state index contributed by atoms with van der Waals surface area (Å²) in [4.78, 5) is 28.7. The van der Waals surface area contributed by atoms with Gasteiger partial charge in [-0.05, 0) is 5.92 Å². The largest absolute Gasteiger partial charge is 0.472 e. The Hall–Kier alpha value is -3.35. The number of carbonyl (C=O) groups excluding carboxylic acids is 1. The number of rotatable bonds is 5. The number of nitrogens with zero attached hydrogens (tertiary/aromatic N) is 2. The molecule has 1 heterocycles. The first-order valence-electron chi connectivity index (χ1n) is 10.7. The lowest BCUT2D eigenvalue weighted by atomic mass is 9.93. The Labute approximate surface area is 200 Å². The quantitative estimate of drug-likeness (QED) is 0.220. The second-order valence-corrected chi connectivity index (χ2v) is 7.42. The smallest absolute Gasteiger partial charge is 0.426 e. The van der Waals surface area contributed by atoms with Crippen LogP contribution in [-0.4, -0.2) is 59.0 Å². The molecule has 0 spiro atoms. The maximum absolute atomic E-state index is 10.0. The van der Waals surface area contributed by atoms with Gasteiger partial charge in [0, 0.05) is 30.0 Å². The Balaban J connectivity index is 0. The third-order valence-corrected chi connectivity index (χ3v) is 3.35. The van der Waals surface area contributed by atoms with Crippen LogP contribution < -0.4 is 10.6 Å². The molecule has 3 rings (SSSR count). The molecule has 4 N–H and O–H groups in total. The molecule has 34 heavy (non-hydrogen) atoms. The van der Waals surface area contributed by atoms with E-state index in [0.717, 1.165) is 12.5 Å². The van der Waals surface area contributed by atoms with E-state index in [2.05, 4.69) is 31.4 Å². The van der Waals surface area contributed by atoms with Gasteiger partial charge in [-0.15, -0.1) is 0 Å². The molecule has 1 saturated heterocycles. The number of benzene rings is 2. The number of amides is 1. The average molecular weight is 478 g/mol. The van der Waals surface area contributed by atoms with E-state index in [0.29, 0.717) is 19.4 Å². The third-order valence-electron chi connectivity index (χ3n) is 3.35. The van der Waals surface area contributed by atoms with Crippen molar-refractivity contribution in [2.45, 2.75) is 33.2 Å². The van der Waals surface area contributed by atoms with Gasteiger partial charge in [-0.25, -0.2) is 0 Å². The number of hydrogen-bond donors (Lipinski definition) is 4. The molecule has 1 aliphatic rings. The topological polar surface area (TPSA) is 168 Å². The summed E-state index contributed by atoms with van der Waals surface area (Å²) >= 11 is 0. The van der Waals surface area contributed by atoms with Gasteiger partial charge in [0.05, 0.1) is 17.9 Å². The van der Waals surface area contributed by atoms with Crippen LogP contribution in [0.4, 0.5) is 5.69 Å². The highest BCUT2D eigenvalue weighted by Crippen LogP contribution is 2.06. The van der Waals surface area contributed by atoms with Crippen LogP contribution in [-0.2, 0) is 4.79 Å². The van der Waals surface area contributed by atoms with E-state index in [1.165, 1.54) is 12.1 Å². The Morgan fingerprint density at radius 1 is 1.03 bits per heavy atom. The Morgan fingerprint density at radius 2 is 1.47 bits per heavy atom. The molecule has 0 bridgehead atoms. The molecule has 188 valence electrons. The van der Waals surface area contributed by atoms with Crippen molar-refractivity contribution in [1.29, 1.82) is 0 Å². The summed E-state index contributed by atoms with van der Waals surface area (Å²) in [7, 11) is -1.44. The van der Waals surface area contributed by atoms with Crippen molar-refractivity contribution >= 4 is 19.2 Å². The van der Waals surface area contributed by atoms with Crippen molar-refractivity contribution in [2.75, 3.05) is 19.5 Å². The summed E-state index contributed by atoms with van der Waals surface area (Å²) in [6, 6.07) is 19.6. The SMILES string of the molecule is CC(C)C.O=CNCB(O)O.O=[N+]([O-])C1CCNC1.O=[N+]([O-])c1ccccc1.c1ccccc1. The minimum absolute atomic E-state index is 0.108. The van der Waals surface area contributed by atoms with Gasteiger partial charge in [0.1, 0.15) is 0 Å². The van der Waals surface area contributed by atoms with Crippen LogP contribution >= 0.6 is 0 Å². The molecule has 0 aromatic heterocycles. The zero-order valence-electron chi connectivity index (χ0n) is 19.8. The minimum Gasteiger partial charge on any atom is -0.426 e. The normalized spacial score (nSPS) is 13.1. The number of carbonyl (C=O) groups is 1. The van der Waals surface area contributed by atoms with E-state index in [1.54, 1.807) is 18.2 Å². The summed E-state index contributed by atoms with van der Waals surface area (Å²) in [5.41, 5.74) is 0.137. The molecule has 1 amide bonds. The summed E-state index contributed by atoms with van der Waals surface area (Å²) in [5, 5.41) is 41.0. The predicted octanol–water partition coefficient (Wildman–Crippen LogP) is 2.31. The van der Waals surface area contributed by atoms with Crippen molar-refractivity contribution in [2.24, 2.45) is 5.92 Å². The van der Waals surface area contributed by atoms with Crippen LogP contribution in [0, 0.1) is 26.1 Å². The fourth-order valence-electron chi connectivity index (χ4n) is 1.91. The highest BCUT2D eigenvalue weighted by molar-refractivity contribution is 6.41. The van der Waals surface area contributed by atoms with Crippen LogP contribution in [0.15, 0.2) is 66.7 Å². The van der Waals surface area contributed by atoms with Gasteiger partial charge in [-0.3, -0.25) is 25.0 Å². The van der Waals surface area contributed by atoms with E-state index >= 15 is 0 Å². The number of non-ortho nitro benzene ring substituents is 1. The van der Waals surface area contributed by atoms with Crippen LogP contribution in [0.3, 0.4) is 0 Å². The first-order chi connectivity index (χ1) is 16.1. The number of nitrogens with one attached hydrogen (secondary N) is 2. The van der Waals surface area contributed by atoms with E-state index in [4.69, 9.17) is 10.0 Å². The van der Waals surface area contributed by atoms with Crippen LogP contribution in [0.25, 0.3) is 0 Å². The standard InChI is InChI=1S/C6H5NO2.C6H6.C4H8N2O2.C4H10.C2H6BNO3/c8-7(9)6-4-2-1-3-5-6;1-2-4-6-5-3-1;7-6(8)4-1-2-5-3-4;1-4(2)3;5-2-4-1-3(6)7/h1-5H;1-6H;4-5H,1-3H2;4H,1-3H3;2,6-7H,1H2,(H,4,5). The molecule has 12 heteroatoms. The van der Waals surface area contributed by atoms with Gasteiger partial charge in [0.2, 0.25) is 12.5 Å². The zero-order chi connectivity index (χ0) is 26.2. The number of nitro benzene ring substituents is 1. The molecule has 1 aliphatic heterocycles. The molecule has 0 aliphatic carbocycles. The van der Waals surface area contributed by atoms with Gasteiger partial charge >= 0.3 is 7.12 Å². The Bertz CT molecular complexity index is 718. The maximum Gasteiger partial charge on any atom is 0.472 e. The first-order valence-corrected chi connectivity index (χ1v) is 10.7. The number of para-hydroxylation sites is 1. The van der Waals surface area contributed by atoms with Crippen molar-refractivity contribution < 1.29 is 24.7 Å². The van der Waals surface area contributed by atoms with E-state index in [9.17, 15) is 25.0 Å². The lowest BCUT2D eigenvalue weighted by Gasteiger charge is -1.94. The van der Waals surface area contributed by atoms with Crippen molar-refractivity contribution in [3.8, 4) is 0 Å². The molecule has 1 unspecified atom stereocenters. The van der Waals surface area contributed by atoms with Crippen molar-refractivity contribution in [3.63, 3.8) is 0 Å². The van der Waals surface area contributed by atoms with E-state index < -0.39 is 12.0 Å². The highest BCUT2D eigenvalue weighted by atomic mass is 16.6. The zero-order valence-corrected chi connectivity index (χ0v) is 19.8.